The third kappa shape index (κ3) is 5.35. The van der Waals surface area contributed by atoms with Crippen LogP contribution in [0, 0.1) is 0 Å². The molecule has 3 rings (SSSR count). The third-order valence-electron chi connectivity index (χ3n) is 4.24. The van der Waals surface area contributed by atoms with E-state index in [4.69, 9.17) is 14.5 Å². The first kappa shape index (κ1) is 19.5. The molecule has 1 aliphatic heterocycles. The summed E-state index contributed by atoms with van der Waals surface area (Å²) in [6, 6.07) is 7.74. The molecule has 1 unspecified atom stereocenters. The van der Waals surface area contributed by atoms with Crippen molar-refractivity contribution in [1.29, 1.82) is 0 Å². The summed E-state index contributed by atoms with van der Waals surface area (Å²) in [6.45, 7) is 8.48. The fourth-order valence-electron chi connectivity index (χ4n) is 2.65. The summed E-state index contributed by atoms with van der Waals surface area (Å²) in [5, 5.41) is 9.93. The number of hydrogen-bond donors (Lipinski definition) is 2. The van der Waals surface area contributed by atoms with Gasteiger partial charge < -0.3 is 20.1 Å². The highest BCUT2D eigenvalue weighted by Gasteiger charge is 2.21. The molecular weight excluding hydrogens is 360 g/mol. The fourth-order valence-corrected chi connectivity index (χ4v) is 3.68. The van der Waals surface area contributed by atoms with Gasteiger partial charge in [-0.3, -0.25) is 4.99 Å². The molecular formula is C20H28N4O2S. The van der Waals surface area contributed by atoms with Crippen molar-refractivity contribution in [1.82, 2.24) is 15.6 Å². The van der Waals surface area contributed by atoms with Gasteiger partial charge in [0.1, 0.15) is 12.7 Å². The van der Waals surface area contributed by atoms with Gasteiger partial charge in [-0.05, 0) is 12.1 Å². The summed E-state index contributed by atoms with van der Waals surface area (Å²) in [7, 11) is 1.77. The van der Waals surface area contributed by atoms with Crippen molar-refractivity contribution >= 4 is 17.3 Å². The Kier molecular flexibility index (Phi) is 6.21. The monoisotopic (exact) mass is 388 g/mol. The van der Waals surface area contributed by atoms with Crippen LogP contribution in [-0.2, 0) is 11.8 Å². The molecule has 7 heteroatoms. The number of aromatic nitrogens is 1. The quantitative estimate of drug-likeness (QED) is 0.609. The molecule has 0 radical (unpaired) electrons. The lowest BCUT2D eigenvalue weighted by Crippen LogP contribution is -2.45. The molecule has 146 valence electrons. The minimum atomic E-state index is -0.0493. The van der Waals surface area contributed by atoms with Crippen LogP contribution >= 0.6 is 11.3 Å². The highest BCUT2D eigenvalue weighted by Crippen LogP contribution is 2.30. The van der Waals surface area contributed by atoms with Crippen LogP contribution in [-0.4, -0.2) is 43.8 Å². The molecule has 2 N–H and O–H groups in total. The van der Waals surface area contributed by atoms with E-state index in [0.29, 0.717) is 13.2 Å². The molecule has 27 heavy (non-hydrogen) atoms. The molecule has 2 heterocycles. The van der Waals surface area contributed by atoms with Gasteiger partial charge >= 0.3 is 0 Å². The lowest BCUT2D eigenvalue weighted by molar-refractivity contribution is 0.0936. The smallest absolute Gasteiger partial charge is 0.191 e. The number of nitrogens with one attached hydrogen (secondary N) is 2. The first-order valence-corrected chi connectivity index (χ1v) is 10.1. The van der Waals surface area contributed by atoms with Gasteiger partial charge in [0.25, 0.3) is 0 Å². The van der Waals surface area contributed by atoms with Crippen molar-refractivity contribution in [3.05, 3.63) is 40.3 Å². The number of para-hydroxylation sites is 2. The van der Waals surface area contributed by atoms with Crippen molar-refractivity contribution in [3.8, 4) is 11.5 Å². The Balaban J connectivity index is 1.42. The molecule has 1 aliphatic rings. The Labute approximate surface area is 165 Å². The number of thiazole rings is 1. The summed E-state index contributed by atoms with van der Waals surface area (Å²) in [5.74, 6) is 2.34. The molecule has 0 amide bonds. The Bertz CT molecular complexity index is 782. The molecule has 0 aliphatic carbocycles. The van der Waals surface area contributed by atoms with Gasteiger partial charge in [-0.2, -0.15) is 0 Å². The normalized spacial score (nSPS) is 16.9. The van der Waals surface area contributed by atoms with Crippen molar-refractivity contribution in [3.63, 3.8) is 0 Å². The van der Waals surface area contributed by atoms with E-state index in [0.717, 1.165) is 41.1 Å². The molecule has 2 aromatic rings. The molecule has 0 bridgehead atoms. The molecule has 1 aromatic heterocycles. The van der Waals surface area contributed by atoms with Crippen molar-refractivity contribution < 1.29 is 9.47 Å². The van der Waals surface area contributed by atoms with Crippen LogP contribution in [0.25, 0.3) is 0 Å². The second kappa shape index (κ2) is 8.61. The second-order valence-electron chi connectivity index (χ2n) is 7.50. The zero-order valence-corrected chi connectivity index (χ0v) is 17.2. The zero-order valence-electron chi connectivity index (χ0n) is 16.4. The molecule has 6 nitrogen and oxygen atoms in total. The number of guanidine groups is 1. The zero-order chi connectivity index (χ0) is 19.3. The largest absolute Gasteiger partial charge is 0.486 e. The summed E-state index contributed by atoms with van der Waals surface area (Å²) < 4.78 is 11.7. The third-order valence-corrected chi connectivity index (χ3v) is 5.15. The van der Waals surface area contributed by atoms with E-state index < -0.39 is 0 Å². The highest BCUT2D eigenvalue weighted by molar-refractivity contribution is 7.09. The molecule has 0 saturated carbocycles. The van der Waals surface area contributed by atoms with Crippen LogP contribution in [0.2, 0.25) is 0 Å². The Morgan fingerprint density at radius 2 is 2.04 bits per heavy atom. The van der Waals surface area contributed by atoms with Crippen LogP contribution in [0.4, 0.5) is 0 Å². The number of hydrogen-bond acceptors (Lipinski definition) is 5. The predicted molar refractivity (Wildman–Crippen MR) is 110 cm³/mol. The van der Waals surface area contributed by atoms with Gasteiger partial charge in [-0.15, -0.1) is 11.3 Å². The number of ether oxygens (including phenoxy) is 2. The van der Waals surface area contributed by atoms with Gasteiger partial charge in [0.15, 0.2) is 17.5 Å². The molecule has 1 aromatic carbocycles. The van der Waals surface area contributed by atoms with Crippen molar-refractivity contribution in [2.45, 2.75) is 38.7 Å². The highest BCUT2D eigenvalue weighted by atomic mass is 32.1. The van der Waals surface area contributed by atoms with Gasteiger partial charge in [0.05, 0.1) is 17.2 Å². The molecule has 1 atom stereocenters. The minimum Gasteiger partial charge on any atom is -0.486 e. The van der Waals surface area contributed by atoms with E-state index >= 15 is 0 Å². The van der Waals surface area contributed by atoms with Crippen LogP contribution in [0.1, 0.15) is 31.5 Å². The average Bonchev–Trinajstić information content (AvgIpc) is 3.14. The lowest BCUT2D eigenvalue weighted by atomic mass is 9.93. The van der Waals surface area contributed by atoms with E-state index in [1.165, 1.54) is 0 Å². The Morgan fingerprint density at radius 3 is 2.74 bits per heavy atom. The lowest BCUT2D eigenvalue weighted by Gasteiger charge is -2.27. The molecule has 0 saturated heterocycles. The van der Waals surface area contributed by atoms with E-state index in [2.05, 4.69) is 41.8 Å². The van der Waals surface area contributed by atoms with E-state index in [1.54, 1.807) is 18.4 Å². The molecule has 0 fully saturated rings. The number of aliphatic imine (C=N–C) groups is 1. The van der Waals surface area contributed by atoms with Crippen LogP contribution in [0.3, 0.4) is 0 Å². The SMILES string of the molecule is CN=C(NCCc1nc(C(C)(C)C)cs1)NCC1COc2ccccc2O1. The van der Waals surface area contributed by atoms with Gasteiger partial charge in [0.2, 0.25) is 0 Å². The number of fused-ring (bicyclic) bond motifs is 1. The van der Waals surface area contributed by atoms with Crippen molar-refractivity contribution in [2.24, 2.45) is 4.99 Å². The van der Waals surface area contributed by atoms with E-state index in [1.807, 2.05) is 24.3 Å². The maximum absolute atomic E-state index is 5.96. The summed E-state index contributed by atoms with van der Waals surface area (Å²) in [6.07, 6.45) is 0.824. The number of benzene rings is 1. The topological polar surface area (TPSA) is 67.8 Å². The summed E-state index contributed by atoms with van der Waals surface area (Å²) in [5.41, 5.74) is 1.25. The summed E-state index contributed by atoms with van der Waals surface area (Å²) >= 11 is 1.72. The molecule has 0 spiro atoms. The van der Waals surface area contributed by atoms with Crippen LogP contribution in [0.15, 0.2) is 34.6 Å². The first-order valence-electron chi connectivity index (χ1n) is 9.23. The Hall–Kier alpha value is -2.28. The predicted octanol–water partition coefficient (Wildman–Crippen LogP) is 2.99. The van der Waals surface area contributed by atoms with Crippen LogP contribution < -0.4 is 20.1 Å². The first-order chi connectivity index (χ1) is 13.0. The average molecular weight is 389 g/mol. The Morgan fingerprint density at radius 1 is 1.26 bits per heavy atom. The van der Waals surface area contributed by atoms with E-state index in [9.17, 15) is 0 Å². The van der Waals surface area contributed by atoms with Gasteiger partial charge in [-0.1, -0.05) is 32.9 Å². The number of nitrogens with zero attached hydrogens (tertiary/aromatic N) is 2. The fraction of sp³-hybridized carbons (Fsp3) is 0.500. The summed E-state index contributed by atoms with van der Waals surface area (Å²) in [4.78, 5) is 9.00. The maximum atomic E-state index is 5.96. The van der Waals surface area contributed by atoms with Gasteiger partial charge in [0, 0.05) is 30.8 Å². The van der Waals surface area contributed by atoms with Gasteiger partial charge in [-0.25, -0.2) is 4.98 Å². The van der Waals surface area contributed by atoms with Crippen molar-refractivity contribution in [2.75, 3.05) is 26.7 Å². The maximum Gasteiger partial charge on any atom is 0.191 e. The second-order valence-corrected chi connectivity index (χ2v) is 8.45. The number of rotatable bonds is 5. The van der Waals surface area contributed by atoms with E-state index in [-0.39, 0.29) is 11.5 Å². The minimum absolute atomic E-state index is 0.0493. The van der Waals surface area contributed by atoms with Crippen LogP contribution in [0.5, 0.6) is 11.5 Å². The standard InChI is InChI=1S/C20H28N4O2S/c1-20(2,3)17-13-27-18(24-17)9-10-22-19(21-4)23-11-14-12-25-15-7-5-6-8-16(15)26-14/h5-8,13-14H,9-12H2,1-4H3,(H2,21,22,23).